The van der Waals surface area contributed by atoms with Gasteiger partial charge in [0.05, 0.1) is 0 Å². The molecule has 1 aromatic rings. The summed E-state index contributed by atoms with van der Waals surface area (Å²) in [7, 11) is 0. The van der Waals surface area contributed by atoms with E-state index in [4.69, 9.17) is 9.15 Å². The summed E-state index contributed by atoms with van der Waals surface area (Å²) in [6.45, 7) is 9.05. The summed E-state index contributed by atoms with van der Waals surface area (Å²) in [4.78, 5) is 22.6. The Hall–Kier alpha value is -1.79. The zero-order valence-electron chi connectivity index (χ0n) is 11.2. The minimum atomic E-state index is -0.651. The fourth-order valence-corrected chi connectivity index (χ4v) is 1.32. The van der Waals surface area contributed by atoms with Crippen molar-refractivity contribution in [1.29, 1.82) is 0 Å². The summed E-state index contributed by atoms with van der Waals surface area (Å²) in [5.74, 6) is -0.508. The number of H-pyrrole nitrogens is 1. The molecule has 1 heterocycles. The van der Waals surface area contributed by atoms with Gasteiger partial charge in [-0.1, -0.05) is 13.8 Å². The first-order valence-corrected chi connectivity index (χ1v) is 5.74. The maximum Gasteiger partial charge on any atom is 0.434 e. The molecule has 1 amide bonds. The zero-order chi connectivity index (χ0) is 13.9. The van der Waals surface area contributed by atoms with E-state index >= 15 is 0 Å². The molecule has 0 unspecified atom stereocenters. The number of aromatic nitrogens is 2. The molecule has 7 nitrogen and oxygen atoms in total. The van der Waals surface area contributed by atoms with Crippen molar-refractivity contribution in [2.24, 2.45) is 5.92 Å². The first-order chi connectivity index (χ1) is 8.19. The van der Waals surface area contributed by atoms with Crippen LogP contribution in [-0.4, -0.2) is 21.9 Å². The molecular formula is C11H19N3O4. The van der Waals surface area contributed by atoms with Gasteiger partial charge in [0, 0.05) is 0 Å². The van der Waals surface area contributed by atoms with Gasteiger partial charge in [0.25, 0.3) is 0 Å². The van der Waals surface area contributed by atoms with E-state index in [9.17, 15) is 9.59 Å². The van der Waals surface area contributed by atoms with Crippen LogP contribution in [0.5, 0.6) is 0 Å². The maximum atomic E-state index is 11.7. The fourth-order valence-electron chi connectivity index (χ4n) is 1.32. The Bertz CT molecular complexity index is 455. The molecule has 1 atom stereocenters. The van der Waals surface area contributed by atoms with Crippen LogP contribution in [0.1, 0.15) is 46.6 Å². The van der Waals surface area contributed by atoms with Crippen LogP contribution in [0, 0.1) is 5.92 Å². The molecule has 0 radical (unpaired) electrons. The Morgan fingerprint density at radius 1 is 1.44 bits per heavy atom. The van der Waals surface area contributed by atoms with Crippen molar-refractivity contribution >= 4 is 6.09 Å². The third-order valence-electron chi connectivity index (χ3n) is 2.06. The summed E-state index contributed by atoms with van der Waals surface area (Å²) < 4.78 is 9.98. The minimum absolute atomic E-state index is 0.00367. The number of nitrogens with one attached hydrogen (secondary N) is 2. The van der Waals surface area contributed by atoms with Gasteiger partial charge in [0.15, 0.2) is 0 Å². The summed E-state index contributed by atoms with van der Waals surface area (Å²) in [5.41, 5.74) is -0.585. The number of aromatic amines is 1. The fraction of sp³-hybridized carbons (Fsp3) is 0.727. The van der Waals surface area contributed by atoms with Crippen LogP contribution in [0.4, 0.5) is 4.79 Å². The predicted molar refractivity (Wildman–Crippen MR) is 64.1 cm³/mol. The minimum Gasteiger partial charge on any atom is -0.444 e. The first kappa shape index (κ1) is 14.3. The van der Waals surface area contributed by atoms with Crippen molar-refractivity contribution in [3.8, 4) is 0 Å². The predicted octanol–water partition coefficient (Wildman–Crippen LogP) is 1.58. The number of nitrogens with zero attached hydrogens (tertiary/aromatic N) is 1. The molecule has 1 aromatic heterocycles. The van der Waals surface area contributed by atoms with E-state index in [0.29, 0.717) is 0 Å². The van der Waals surface area contributed by atoms with Crippen LogP contribution in [0.3, 0.4) is 0 Å². The Morgan fingerprint density at radius 2 is 2.06 bits per heavy atom. The van der Waals surface area contributed by atoms with Gasteiger partial charge in [0.1, 0.15) is 11.6 Å². The van der Waals surface area contributed by atoms with Gasteiger partial charge >= 0.3 is 11.8 Å². The normalized spacial score (nSPS) is 13.4. The highest BCUT2D eigenvalue weighted by molar-refractivity contribution is 5.68. The van der Waals surface area contributed by atoms with E-state index < -0.39 is 23.5 Å². The molecule has 102 valence electrons. The van der Waals surface area contributed by atoms with Crippen LogP contribution >= 0.6 is 0 Å². The van der Waals surface area contributed by atoms with Crippen LogP contribution in [-0.2, 0) is 4.74 Å². The molecule has 0 saturated heterocycles. The molecule has 7 heteroatoms. The standard InChI is InChI=1S/C11H19N3O4/c1-6(2)7(8-13-14-10(16)17-8)12-9(15)18-11(3,4)5/h6-7H,1-5H3,(H,12,15)(H,14,16)/t7-/m0/s1. The number of hydrogen-bond acceptors (Lipinski definition) is 5. The van der Waals surface area contributed by atoms with Crippen molar-refractivity contribution in [1.82, 2.24) is 15.5 Å². The highest BCUT2D eigenvalue weighted by atomic mass is 16.6. The molecule has 0 aromatic carbocycles. The van der Waals surface area contributed by atoms with Gasteiger partial charge in [-0.3, -0.25) is 0 Å². The average molecular weight is 257 g/mol. The van der Waals surface area contributed by atoms with E-state index in [-0.39, 0.29) is 11.8 Å². The highest BCUT2D eigenvalue weighted by Crippen LogP contribution is 2.19. The van der Waals surface area contributed by atoms with Gasteiger partial charge in [-0.05, 0) is 26.7 Å². The molecule has 0 aliphatic heterocycles. The van der Waals surface area contributed by atoms with Crippen LogP contribution in [0.15, 0.2) is 9.21 Å². The van der Waals surface area contributed by atoms with Crippen molar-refractivity contribution in [2.75, 3.05) is 0 Å². The van der Waals surface area contributed by atoms with Gasteiger partial charge in [0.2, 0.25) is 5.89 Å². The molecule has 1 rings (SSSR count). The largest absolute Gasteiger partial charge is 0.444 e. The highest BCUT2D eigenvalue weighted by Gasteiger charge is 2.26. The second-order valence-corrected chi connectivity index (χ2v) is 5.32. The topological polar surface area (TPSA) is 97.2 Å². The number of rotatable bonds is 3. The molecule has 18 heavy (non-hydrogen) atoms. The van der Waals surface area contributed by atoms with Gasteiger partial charge < -0.3 is 14.5 Å². The van der Waals surface area contributed by atoms with E-state index in [1.807, 2.05) is 13.8 Å². The summed E-state index contributed by atoms with van der Waals surface area (Å²) in [6, 6.07) is -0.515. The Morgan fingerprint density at radius 3 is 2.44 bits per heavy atom. The zero-order valence-corrected chi connectivity index (χ0v) is 11.2. The van der Waals surface area contributed by atoms with E-state index in [2.05, 4.69) is 15.5 Å². The number of amides is 1. The summed E-state index contributed by atoms with van der Waals surface area (Å²) in [6.07, 6.45) is -0.577. The molecule has 0 bridgehead atoms. The van der Waals surface area contributed by atoms with Crippen molar-refractivity contribution in [2.45, 2.75) is 46.3 Å². The van der Waals surface area contributed by atoms with E-state index in [1.165, 1.54) is 0 Å². The lowest BCUT2D eigenvalue weighted by atomic mass is 10.1. The molecule has 0 fully saturated rings. The summed E-state index contributed by atoms with van der Waals surface area (Å²) in [5, 5.41) is 8.50. The lowest BCUT2D eigenvalue weighted by molar-refractivity contribution is 0.0478. The average Bonchev–Trinajstić information content (AvgIpc) is 2.57. The van der Waals surface area contributed by atoms with Crippen molar-refractivity contribution < 1.29 is 13.9 Å². The number of carbonyl (C=O) groups is 1. The monoisotopic (exact) mass is 257 g/mol. The number of alkyl carbamates (subject to hydrolysis) is 1. The van der Waals surface area contributed by atoms with Gasteiger partial charge in [-0.2, -0.15) is 0 Å². The smallest absolute Gasteiger partial charge is 0.434 e. The quantitative estimate of drug-likeness (QED) is 0.856. The molecule has 0 spiro atoms. The van der Waals surface area contributed by atoms with Crippen LogP contribution in [0.2, 0.25) is 0 Å². The number of ether oxygens (including phenoxy) is 1. The number of hydrogen-bond donors (Lipinski definition) is 2. The van der Waals surface area contributed by atoms with Crippen molar-refractivity contribution in [3.63, 3.8) is 0 Å². The molecule has 2 N–H and O–H groups in total. The van der Waals surface area contributed by atoms with Gasteiger partial charge in [-0.25, -0.2) is 14.7 Å². The van der Waals surface area contributed by atoms with Crippen LogP contribution in [0.25, 0.3) is 0 Å². The van der Waals surface area contributed by atoms with E-state index in [1.54, 1.807) is 20.8 Å². The van der Waals surface area contributed by atoms with Crippen LogP contribution < -0.4 is 11.1 Å². The molecule has 0 aliphatic carbocycles. The second kappa shape index (κ2) is 5.24. The number of carbonyl (C=O) groups excluding carboxylic acids is 1. The lowest BCUT2D eigenvalue weighted by Crippen LogP contribution is -2.37. The second-order valence-electron chi connectivity index (χ2n) is 5.32. The third-order valence-corrected chi connectivity index (χ3v) is 2.06. The molecular weight excluding hydrogens is 238 g/mol. The Labute approximate surface area is 105 Å². The van der Waals surface area contributed by atoms with Gasteiger partial charge in [-0.15, -0.1) is 5.10 Å². The third kappa shape index (κ3) is 4.23. The maximum absolute atomic E-state index is 11.7. The Kier molecular flexibility index (Phi) is 4.15. The summed E-state index contributed by atoms with van der Waals surface area (Å²) >= 11 is 0. The SMILES string of the molecule is CC(C)[C@H](NC(=O)OC(C)(C)C)c1n[nH]c(=O)o1. The molecule has 0 aliphatic rings. The Balaban J connectivity index is 2.76. The molecule has 0 saturated carbocycles. The van der Waals surface area contributed by atoms with Crippen molar-refractivity contribution in [3.05, 3.63) is 16.4 Å². The van der Waals surface area contributed by atoms with E-state index in [0.717, 1.165) is 0 Å². The first-order valence-electron chi connectivity index (χ1n) is 5.74. The lowest BCUT2D eigenvalue weighted by Gasteiger charge is -2.23.